The zero-order valence-electron chi connectivity index (χ0n) is 12.2. The largest absolute Gasteiger partial charge is 0.373 e. The Morgan fingerprint density at radius 2 is 2.00 bits per heavy atom. The molecule has 0 aliphatic carbocycles. The Morgan fingerprint density at radius 1 is 1.32 bits per heavy atom. The average molecular weight is 284 g/mol. The summed E-state index contributed by atoms with van der Waals surface area (Å²) < 4.78 is 22.4. The quantitative estimate of drug-likeness (QED) is 0.826. The maximum absolute atomic E-state index is 11.2. The summed E-state index contributed by atoms with van der Waals surface area (Å²) in [6.45, 7) is 6.48. The summed E-state index contributed by atoms with van der Waals surface area (Å²) in [4.78, 5) is 1.99. The Hall–Kier alpha value is -1.07. The van der Waals surface area contributed by atoms with Gasteiger partial charge in [0.2, 0.25) is 0 Å². The van der Waals surface area contributed by atoms with Crippen LogP contribution in [0.15, 0.2) is 18.2 Å². The molecule has 108 valence electrons. The van der Waals surface area contributed by atoms with Crippen LogP contribution in [-0.4, -0.2) is 40.6 Å². The van der Waals surface area contributed by atoms with Crippen molar-refractivity contribution in [1.29, 1.82) is 0 Å². The van der Waals surface area contributed by atoms with Crippen molar-refractivity contribution in [2.45, 2.75) is 20.4 Å². The van der Waals surface area contributed by atoms with Crippen molar-refractivity contribution in [2.75, 3.05) is 37.0 Å². The fourth-order valence-corrected chi connectivity index (χ4v) is 2.55. The van der Waals surface area contributed by atoms with Gasteiger partial charge in [0.05, 0.1) is 5.75 Å². The third-order valence-electron chi connectivity index (χ3n) is 3.05. The monoisotopic (exact) mass is 284 g/mol. The fraction of sp³-hybridized carbons (Fsp3) is 0.571. The molecule has 0 aliphatic heterocycles. The predicted octanol–water partition coefficient (Wildman–Crippen LogP) is 1.59. The van der Waals surface area contributed by atoms with E-state index < -0.39 is 9.84 Å². The van der Waals surface area contributed by atoms with E-state index in [9.17, 15) is 8.42 Å². The van der Waals surface area contributed by atoms with Crippen molar-refractivity contribution >= 4 is 15.5 Å². The highest BCUT2D eigenvalue weighted by Crippen LogP contribution is 2.20. The van der Waals surface area contributed by atoms with E-state index in [4.69, 9.17) is 0 Å². The lowest BCUT2D eigenvalue weighted by molar-refractivity contribution is 0.601. The number of sulfone groups is 1. The highest BCUT2D eigenvalue weighted by atomic mass is 32.2. The SMILES string of the molecule is CCNCc1ccc(N(C)CCS(C)(=O)=O)c(C)c1. The number of nitrogens with zero attached hydrogens (tertiary/aromatic N) is 1. The minimum atomic E-state index is -2.91. The number of hydrogen-bond acceptors (Lipinski definition) is 4. The van der Waals surface area contributed by atoms with Crippen LogP contribution in [0.2, 0.25) is 0 Å². The maximum atomic E-state index is 11.2. The lowest BCUT2D eigenvalue weighted by Gasteiger charge is -2.21. The molecule has 0 saturated carbocycles. The Labute approximate surface area is 116 Å². The van der Waals surface area contributed by atoms with Gasteiger partial charge >= 0.3 is 0 Å². The van der Waals surface area contributed by atoms with E-state index in [1.165, 1.54) is 17.4 Å². The van der Waals surface area contributed by atoms with Gasteiger partial charge in [-0.3, -0.25) is 0 Å². The van der Waals surface area contributed by atoms with Crippen LogP contribution in [0.5, 0.6) is 0 Å². The Morgan fingerprint density at radius 3 is 2.53 bits per heavy atom. The molecule has 0 amide bonds. The topological polar surface area (TPSA) is 49.4 Å². The van der Waals surface area contributed by atoms with Gasteiger partial charge in [-0.05, 0) is 30.7 Å². The Bertz CT molecular complexity index is 512. The van der Waals surface area contributed by atoms with Gasteiger partial charge in [0.1, 0.15) is 9.84 Å². The molecule has 0 saturated heterocycles. The lowest BCUT2D eigenvalue weighted by atomic mass is 10.1. The molecule has 0 unspecified atom stereocenters. The van der Waals surface area contributed by atoms with E-state index in [1.807, 2.05) is 11.9 Å². The van der Waals surface area contributed by atoms with E-state index in [1.54, 1.807) is 0 Å². The molecule has 0 spiro atoms. The predicted molar refractivity (Wildman–Crippen MR) is 81.5 cm³/mol. The second-order valence-electron chi connectivity index (χ2n) is 4.95. The van der Waals surface area contributed by atoms with Crippen LogP contribution in [0.25, 0.3) is 0 Å². The summed E-state index contributed by atoms with van der Waals surface area (Å²) in [6.07, 6.45) is 1.27. The fourth-order valence-electron chi connectivity index (χ4n) is 1.95. The van der Waals surface area contributed by atoms with Crippen LogP contribution in [0.4, 0.5) is 5.69 Å². The first-order chi connectivity index (χ1) is 8.83. The van der Waals surface area contributed by atoms with Gasteiger partial charge in [0, 0.05) is 32.1 Å². The number of benzene rings is 1. The number of rotatable bonds is 7. The molecule has 1 rings (SSSR count). The standard InChI is InChI=1S/C14H24N2O2S/c1-5-15-11-13-6-7-14(12(2)10-13)16(3)8-9-19(4,17)18/h6-7,10,15H,5,8-9,11H2,1-4H3. The summed E-state index contributed by atoms with van der Waals surface area (Å²) >= 11 is 0. The molecule has 19 heavy (non-hydrogen) atoms. The first-order valence-electron chi connectivity index (χ1n) is 6.52. The highest BCUT2D eigenvalue weighted by molar-refractivity contribution is 7.90. The second-order valence-corrected chi connectivity index (χ2v) is 7.21. The summed E-state index contributed by atoms with van der Waals surface area (Å²) in [7, 11) is -0.984. The number of hydrogen-bond donors (Lipinski definition) is 1. The first-order valence-corrected chi connectivity index (χ1v) is 8.58. The Balaban J connectivity index is 2.72. The molecule has 0 aromatic heterocycles. The van der Waals surface area contributed by atoms with Crippen molar-refractivity contribution in [3.05, 3.63) is 29.3 Å². The number of nitrogens with one attached hydrogen (secondary N) is 1. The minimum Gasteiger partial charge on any atom is -0.373 e. The van der Waals surface area contributed by atoms with E-state index >= 15 is 0 Å². The second kappa shape index (κ2) is 6.91. The van der Waals surface area contributed by atoms with Crippen LogP contribution in [-0.2, 0) is 16.4 Å². The average Bonchev–Trinajstić information content (AvgIpc) is 2.32. The van der Waals surface area contributed by atoms with Crippen LogP contribution in [0, 0.1) is 6.92 Å². The van der Waals surface area contributed by atoms with E-state index in [0.29, 0.717) is 6.54 Å². The molecule has 1 N–H and O–H groups in total. The maximum Gasteiger partial charge on any atom is 0.149 e. The van der Waals surface area contributed by atoms with Gasteiger partial charge in [-0.1, -0.05) is 19.1 Å². The zero-order valence-corrected chi connectivity index (χ0v) is 13.0. The molecule has 1 aromatic rings. The summed E-state index contributed by atoms with van der Waals surface area (Å²) in [6, 6.07) is 6.29. The molecular weight excluding hydrogens is 260 g/mol. The molecule has 0 radical (unpaired) electrons. The lowest BCUT2D eigenvalue weighted by Crippen LogP contribution is -2.25. The molecule has 0 heterocycles. The number of aryl methyl sites for hydroxylation is 1. The summed E-state index contributed by atoms with van der Waals surface area (Å²) in [5, 5.41) is 3.29. The van der Waals surface area contributed by atoms with Crippen molar-refractivity contribution in [3.8, 4) is 0 Å². The molecule has 1 aromatic carbocycles. The molecule has 0 aliphatic rings. The molecule has 0 atom stereocenters. The van der Waals surface area contributed by atoms with Crippen molar-refractivity contribution in [1.82, 2.24) is 5.32 Å². The Kier molecular flexibility index (Phi) is 5.82. The third kappa shape index (κ3) is 5.61. The normalized spacial score (nSPS) is 11.6. The molecule has 0 bridgehead atoms. The molecular formula is C14H24N2O2S. The van der Waals surface area contributed by atoms with Crippen LogP contribution in [0.1, 0.15) is 18.1 Å². The minimum absolute atomic E-state index is 0.183. The van der Waals surface area contributed by atoms with Crippen LogP contribution >= 0.6 is 0 Å². The van der Waals surface area contributed by atoms with Gasteiger partial charge in [0.15, 0.2) is 0 Å². The van der Waals surface area contributed by atoms with E-state index in [0.717, 1.165) is 18.8 Å². The van der Waals surface area contributed by atoms with Gasteiger partial charge in [-0.15, -0.1) is 0 Å². The van der Waals surface area contributed by atoms with E-state index in [2.05, 4.69) is 37.4 Å². The van der Waals surface area contributed by atoms with Gasteiger partial charge in [-0.2, -0.15) is 0 Å². The van der Waals surface area contributed by atoms with Gasteiger partial charge in [0.25, 0.3) is 0 Å². The smallest absolute Gasteiger partial charge is 0.149 e. The third-order valence-corrected chi connectivity index (χ3v) is 3.97. The number of anilines is 1. The van der Waals surface area contributed by atoms with Gasteiger partial charge < -0.3 is 10.2 Å². The molecule has 0 fully saturated rings. The van der Waals surface area contributed by atoms with Crippen molar-refractivity contribution < 1.29 is 8.42 Å². The van der Waals surface area contributed by atoms with Crippen molar-refractivity contribution in [2.24, 2.45) is 0 Å². The molecule has 5 heteroatoms. The van der Waals surface area contributed by atoms with Crippen LogP contribution < -0.4 is 10.2 Å². The highest BCUT2D eigenvalue weighted by Gasteiger charge is 2.09. The summed E-state index contributed by atoms with van der Waals surface area (Å²) in [5.41, 5.74) is 3.51. The van der Waals surface area contributed by atoms with Gasteiger partial charge in [-0.25, -0.2) is 8.42 Å². The summed E-state index contributed by atoms with van der Waals surface area (Å²) in [5.74, 6) is 0.183. The van der Waals surface area contributed by atoms with Crippen LogP contribution in [0.3, 0.4) is 0 Å². The van der Waals surface area contributed by atoms with Crippen molar-refractivity contribution in [3.63, 3.8) is 0 Å². The zero-order chi connectivity index (χ0) is 14.5. The molecule has 4 nitrogen and oxygen atoms in total. The van der Waals surface area contributed by atoms with E-state index in [-0.39, 0.29) is 5.75 Å². The first kappa shape index (κ1) is 16.0.